The Morgan fingerprint density at radius 2 is 1.47 bits per heavy atom. The lowest BCUT2D eigenvalue weighted by Crippen LogP contribution is -2.09. The highest BCUT2D eigenvalue weighted by Gasteiger charge is 1.84. The van der Waals surface area contributed by atoms with Gasteiger partial charge in [0.15, 0.2) is 0 Å². The molecule has 0 heterocycles. The summed E-state index contributed by atoms with van der Waals surface area (Å²) in [6.07, 6.45) is 0. The second kappa shape index (κ2) is 14.7. The van der Waals surface area contributed by atoms with Crippen molar-refractivity contribution in [3.63, 3.8) is 0 Å². The van der Waals surface area contributed by atoms with Crippen LogP contribution in [0.15, 0.2) is 24.3 Å². The number of carbonyl (C=O) groups is 1. The number of hydrogen-bond acceptors (Lipinski definition) is 3. The first-order valence-corrected chi connectivity index (χ1v) is 6.85. The van der Waals surface area contributed by atoms with Crippen LogP contribution in [0, 0.1) is 13.8 Å². The molecule has 1 aromatic carbocycles. The van der Waals surface area contributed by atoms with Crippen molar-refractivity contribution in [3.8, 4) is 0 Å². The Morgan fingerprint density at radius 3 is 1.58 bits per heavy atom. The number of rotatable bonds is 3. The van der Waals surface area contributed by atoms with E-state index in [-0.39, 0.29) is 5.97 Å². The van der Waals surface area contributed by atoms with Crippen LogP contribution in [0.5, 0.6) is 0 Å². The van der Waals surface area contributed by atoms with E-state index in [1.165, 1.54) is 18.1 Å². The van der Waals surface area contributed by atoms with E-state index >= 15 is 0 Å². The molecule has 0 atom stereocenters. The number of carbonyl (C=O) groups excluding carboxylic acids is 1. The third-order valence-corrected chi connectivity index (χ3v) is 2.27. The number of esters is 1. The molecule has 3 heteroatoms. The molecule has 19 heavy (non-hydrogen) atoms. The number of nitrogens with one attached hydrogen (secondary N) is 1. The zero-order valence-electron chi connectivity index (χ0n) is 13.2. The van der Waals surface area contributed by atoms with Gasteiger partial charge in [-0.25, -0.2) is 0 Å². The van der Waals surface area contributed by atoms with Gasteiger partial charge in [0.2, 0.25) is 0 Å². The van der Waals surface area contributed by atoms with Crippen LogP contribution in [0.1, 0.15) is 38.8 Å². The van der Waals surface area contributed by atoms with Crippen molar-refractivity contribution in [3.05, 3.63) is 35.4 Å². The predicted molar refractivity (Wildman–Crippen MR) is 82.4 cm³/mol. The number of aryl methyl sites for hydroxylation is 2. The molecule has 0 aliphatic carbocycles. The molecule has 0 aliphatic heterocycles. The third kappa shape index (κ3) is 16.6. The summed E-state index contributed by atoms with van der Waals surface area (Å²) in [6.45, 7) is 14.3. The summed E-state index contributed by atoms with van der Waals surface area (Å²) < 4.78 is 4.40. The summed E-state index contributed by atoms with van der Waals surface area (Å²) in [5.74, 6) is -0.211. The Kier molecular flexibility index (Phi) is 15.5. The van der Waals surface area contributed by atoms with Crippen molar-refractivity contribution in [2.45, 2.75) is 41.5 Å². The van der Waals surface area contributed by atoms with Gasteiger partial charge in [-0.3, -0.25) is 4.79 Å². The molecule has 0 spiro atoms. The van der Waals surface area contributed by atoms with Gasteiger partial charge in [0.05, 0.1) is 6.61 Å². The topological polar surface area (TPSA) is 38.3 Å². The van der Waals surface area contributed by atoms with Gasteiger partial charge in [-0.1, -0.05) is 38.1 Å². The molecule has 1 aromatic rings. The molecule has 1 N–H and O–H groups in total. The molecule has 3 nitrogen and oxygen atoms in total. The maximum Gasteiger partial charge on any atom is 0.302 e. The van der Waals surface area contributed by atoms with Gasteiger partial charge in [-0.15, -0.1) is 0 Å². The van der Waals surface area contributed by atoms with Gasteiger partial charge in [0.25, 0.3) is 0 Å². The van der Waals surface area contributed by atoms with Crippen LogP contribution in [0.3, 0.4) is 0 Å². The third-order valence-electron chi connectivity index (χ3n) is 2.27. The van der Waals surface area contributed by atoms with Crippen molar-refractivity contribution in [2.75, 3.05) is 19.7 Å². The fourth-order valence-corrected chi connectivity index (χ4v) is 1.12. The summed E-state index contributed by atoms with van der Waals surface area (Å²) in [7, 11) is 0. The lowest BCUT2D eigenvalue weighted by Gasteiger charge is -1.93. The van der Waals surface area contributed by atoms with Crippen LogP contribution < -0.4 is 5.32 Å². The largest absolute Gasteiger partial charge is 0.466 e. The maximum absolute atomic E-state index is 9.82. The highest BCUT2D eigenvalue weighted by Crippen LogP contribution is 2.02. The smallest absolute Gasteiger partial charge is 0.302 e. The molecule has 0 saturated carbocycles. The van der Waals surface area contributed by atoms with Crippen LogP contribution >= 0.6 is 0 Å². The van der Waals surface area contributed by atoms with Gasteiger partial charge in [-0.05, 0) is 45.0 Å². The van der Waals surface area contributed by atoms with Crippen molar-refractivity contribution in [2.24, 2.45) is 0 Å². The molecule has 0 radical (unpaired) electrons. The molecule has 110 valence electrons. The molecule has 0 fully saturated rings. The molecule has 1 rings (SSSR count). The van der Waals surface area contributed by atoms with Crippen molar-refractivity contribution < 1.29 is 9.53 Å². The minimum absolute atomic E-state index is 0.211. The van der Waals surface area contributed by atoms with Gasteiger partial charge >= 0.3 is 5.97 Å². The Hall–Kier alpha value is -1.35. The molecule has 0 aliphatic rings. The molecular formula is C16H29NO2. The molecule has 0 aromatic heterocycles. The Bertz CT molecular complexity index is 301. The van der Waals surface area contributed by atoms with Gasteiger partial charge in [-0.2, -0.15) is 0 Å². The zero-order valence-corrected chi connectivity index (χ0v) is 13.2. The standard InChI is InChI=1S/C8H10.C4H11N.C4H8O2/c1-7-5-3-4-6-8(7)2;1-3-5-4-2;1-3-6-4(2)5/h3-6H,1-2H3;5H,3-4H2,1-2H3;3H2,1-2H3. The average Bonchev–Trinajstić information content (AvgIpc) is 2.35. The van der Waals surface area contributed by atoms with E-state index in [2.05, 4.69) is 62.0 Å². The normalized spacial score (nSPS) is 8.53. The lowest BCUT2D eigenvalue weighted by molar-refractivity contribution is -0.140. The van der Waals surface area contributed by atoms with E-state index < -0.39 is 0 Å². The first kappa shape index (κ1) is 20.0. The molecule has 0 unspecified atom stereocenters. The molecule has 0 bridgehead atoms. The first-order chi connectivity index (χ1) is 8.99. The summed E-state index contributed by atoms with van der Waals surface area (Å²) in [6, 6.07) is 8.36. The van der Waals surface area contributed by atoms with Crippen LogP contribution in [-0.4, -0.2) is 25.7 Å². The molecule has 0 amide bonds. The zero-order chi connectivity index (χ0) is 15.1. The van der Waals surface area contributed by atoms with E-state index in [4.69, 9.17) is 0 Å². The second-order valence-electron chi connectivity index (χ2n) is 3.97. The Morgan fingerprint density at radius 1 is 1.05 bits per heavy atom. The maximum atomic E-state index is 9.82. The summed E-state index contributed by atoms with van der Waals surface area (Å²) >= 11 is 0. The van der Waals surface area contributed by atoms with E-state index in [1.807, 2.05) is 0 Å². The minimum Gasteiger partial charge on any atom is -0.466 e. The van der Waals surface area contributed by atoms with E-state index in [1.54, 1.807) is 6.92 Å². The highest BCUT2D eigenvalue weighted by atomic mass is 16.5. The number of hydrogen-bond donors (Lipinski definition) is 1. The fraction of sp³-hybridized carbons (Fsp3) is 0.562. The van der Waals surface area contributed by atoms with Crippen LogP contribution in [0.4, 0.5) is 0 Å². The predicted octanol–water partition coefficient (Wildman–Crippen LogP) is 3.49. The summed E-state index contributed by atoms with van der Waals surface area (Å²) in [5.41, 5.74) is 2.74. The first-order valence-electron chi connectivity index (χ1n) is 6.85. The number of ether oxygens (including phenoxy) is 1. The van der Waals surface area contributed by atoms with Gasteiger partial charge in [0.1, 0.15) is 0 Å². The molecular weight excluding hydrogens is 238 g/mol. The monoisotopic (exact) mass is 267 g/mol. The van der Waals surface area contributed by atoms with E-state index in [0.29, 0.717) is 6.61 Å². The van der Waals surface area contributed by atoms with Gasteiger partial charge < -0.3 is 10.1 Å². The minimum atomic E-state index is -0.211. The lowest BCUT2D eigenvalue weighted by atomic mass is 10.1. The second-order valence-corrected chi connectivity index (χ2v) is 3.97. The molecule has 0 saturated heterocycles. The summed E-state index contributed by atoms with van der Waals surface area (Å²) in [4.78, 5) is 9.82. The summed E-state index contributed by atoms with van der Waals surface area (Å²) in [5, 5.41) is 3.11. The Labute approximate surface area is 118 Å². The van der Waals surface area contributed by atoms with Crippen LogP contribution in [-0.2, 0) is 9.53 Å². The SMILES string of the molecule is CCNCC.CCOC(C)=O.Cc1ccccc1C. The van der Waals surface area contributed by atoms with Crippen LogP contribution in [0.2, 0.25) is 0 Å². The van der Waals surface area contributed by atoms with Crippen molar-refractivity contribution in [1.82, 2.24) is 5.32 Å². The average molecular weight is 267 g/mol. The van der Waals surface area contributed by atoms with Crippen molar-refractivity contribution in [1.29, 1.82) is 0 Å². The van der Waals surface area contributed by atoms with Gasteiger partial charge in [0, 0.05) is 6.92 Å². The van der Waals surface area contributed by atoms with Crippen molar-refractivity contribution >= 4 is 5.97 Å². The fourth-order valence-electron chi connectivity index (χ4n) is 1.12. The van der Waals surface area contributed by atoms with Crippen LogP contribution in [0.25, 0.3) is 0 Å². The van der Waals surface area contributed by atoms with E-state index in [0.717, 1.165) is 13.1 Å². The number of benzene rings is 1. The van der Waals surface area contributed by atoms with E-state index in [9.17, 15) is 4.79 Å². The Balaban J connectivity index is 0. The highest BCUT2D eigenvalue weighted by molar-refractivity contribution is 5.65. The quantitative estimate of drug-likeness (QED) is 0.852.